The summed E-state index contributed by atoms with van der Waals surface area (Å²) in [5.74, 6) is -0.881. The average molecular weight is 367 g/mol. The van der Waals surface area contributed by atoms with Gasteiger partial charge in [-0.3, -0.25) is 5.32 Å². The van der Waals surface area contributed by atoms with Crippen LogP contribution in [0.25, 0.3) is 0 Å². The van der Waals surface area contributed by atoms with Crippen molar-refractivity contribution in [2.75, 3.05) is 14.2 Å². The lowest BCUT2D eigenvalue weighted by atomic mass is 9.82. The first-order chi connectivity index (χ1) is 12.3. The van der Waals surface area contributed by atoms with Crippen molar-refractivity contribution in [1.82, 2.24) is 5.32 Å². The van der Waals surface area contributed by atoms with Crippen molar-refractivity contribution in [2.24, 2.45) is 0 Å². The molecule has 1 atom stereocenters. The second-order valence-electron chi connectivity index (χ2n) is 5.30. The van der Waals surface area contributed by atoms with Gasteiger partial charge < -0.3 is 9.47 Å². The van der Waals surface area contributed by atoms with Crippen LogP contribution in [0.15, 0.2) is 54.6 Å². The van der Waals surface area contributed by atoms with Gasteiger partial charge in [0.25, 0.3) is 0 Å². The number of amides is 1. The molecule has 0 fully saturated rings. The number of hydrogen-bond donors (Lipinski definition) is 1. The van der Waals surface area contributed by atoms with Crippen molar-refractivity contribution in [3.05, 3.63) is 71.3 Å². The molecular formula is C18H16F3NO4. The third kappa shape index (κ3) is 3.63. The minimum absolute atomic E-state index is 0.0916. The summed E-state index contributed by atoms with van der Waals surface area (Å²) in [4.78, 5) is 24.6. The van der Waals surface area contributed by atoms with E-state index in [-0.39, 0.29) is 5.56 Å². The number of hydrogen-bond acceptors (Lipinski definition) is 4. The van der Waals surface area contributed by atoms with E-state index in [4.69, 9.17) is 4.74 Å². The van der Waals surface area contributed by atoms with Gasteiger partial charge >= 0.3 is 18.2 Å². The predicted molar refractivity (Wildman–Crippen MR) is 86.2 cm³/mol. The van der Waals surface area contributed by atoms with Crippen molar-refractivity contribution in [3.8, 4) is 0 Å². The Bertz CT molecular complexity index is 775. The Kier molecular flexibility index (Phi) is 5.54. The summed E-state index contributed by atoms with van der Waals surface area (Å²) < 4.78 is 48.0. The predicted octanol–water partition coefficient (Wildman–Crippen LogP) is 3.48. The summed E-state index contributed by atoms with van der Waals surface area (Å²) >= 11 is 0. The van der Waals surface area contributed by atoms with Crippen LogP contribution in [0.2, 0.25) is 0 Å². The number of esters is 1. The van der Waals surface area contributed by atoms with Gasteiger partial charge in [-0.1, -0.05) is 42.5 Å². The van der Waals surface area contributed by atoms with Crippen LogP contribution in [0, 0.1) is 0 Å². The van der Waals surface area contributed by atoms with Crippen molar-refractivity contribution in [2.45, 2.75) is 11.7 Å². The number of rotatable bonds is 4. The highest BCUT2D eigenvalue weighted by Crippen LogP contribution is 2.35. The monoisotopic (exact) mass is 367 g/mol. The number of alkyl carbamates (subject to hydrolysis) is 1. The minimum Gasteiger partial charge on any atom is -0.467 e. The van der Waals surface area contributed by atoms with Gasteiger partial charge in [-0.15, -0.1) is 0 Å². The van der Waals surface area contributed by atoms with Crippen LogP contribution < -0.4 is 5.32 Å². The van der Waals surface area contributed by atoms with Gasteiger partial charge in [0.05, 0.1) is 19.8 Å². The van der Waals surface area contributed by atoms with E-state index in [0.717, 1.165) is 38.5 Å². The third-order valence-corrected chi connectivity index (χ3v) is 3.82. The Balaban J connectivity index is 2.69. The highest BCUT2D eigenvalue weighted by molar-refractivity contribution is 5.91. The molecule has 2 aromatic carbocycles. The molecule has 138 valence electrons. The summed E-state index contributed by atoms with van der Waals surface area (Å²) in [5.41, 5.74) is -2.36. The molecule has 5 nitrogen and oxygen atoms in total. The molecule has 0 aliphatic heterocycles. The maximum absolute atomic E-state index is 12.8. The zero-order valence-electron chi connectivity index (χ0n) is 14.0. The summed E-state index contributed by atoms with van der Waals surface area (Å²) in [5, 5.41) is 2.40. The largest absolute Gasteiger partial charge is 0.467 e. The van der Waals surface area contributed by atoms with Crippen molar-refractivity contribution in [1.29, 1.82) is 0 Å². The van der Waals surface area contributed by atoms with E-state index in [2.05, 4.69) is 10.1 Å². The van der Waals surface area contributed by atoms with E-state index < -0.39 is 29.3 Å². The molecule has 0 aromatic heterocycles. The van der Waals surface area contributed by atoms with Crippen molar-refractivity contribution < 1.29 is 32.2 Å². The second-order valence-corrected chi connectivity index (χ2v) is 5.30. The summed E-state index contributed by atoms with van der Waals surface area (Å²) in [7, 11) is 2.22. The molecule has 0 radical (unpaired) electrons. The van der Waals surface area contributed by atoms with Gasteiger partial charge in [-0.25, -0.2) is 9.59 Å². The summed E-state index contributed by atoms with van der Waals surface area (Å²) in [6.45, 7) is 0. The third-order valence-electron chi connectivity index (χ3n) is 3.82. The molecule has 2 rings (SSSR count). The van der Waals surface area contributed by atoms with Crippen LogP contribution in [-0.4, -0.2) is 26.3 Å². The van der Waals surface area contributed by atoms with Gasteiger partial charge in [0, 0.05) is 0 Å². The number of carbonyl (C=O) groups excluding carboxylic acids is 2. The van der Waals surface area contributed by atoms with Crippen molar-refractivity contribution >= 4 is 12.1 Å². The zero-order valence-corrected chi connectivity index (χ0v) is 14.0. The molecule has 8 heteroatoms. The molecule has 1 amide bonds. The van der Waals surface area contributed by atoms with Crippen LogP contribution in [-0.2, 0) is 26.0 Å². The van der Waals surface area contributed by atoms with Crippen LogP contribution in [0.1, 0.15) is 16.7 Å². The fourth-order valence-corrected chi connectivity index (χ4v) is 2.55. The molecule has 0 saturated carbocycles. The molecule has 1 N–H and O–H groups in total. The lowest BCUT2D eigenvalue weighted by Crippen LogP contribution is -2.53. The lowest BCUT2D eigenvalue weighted by Gasteiger charge is -2.32. The lowest BCUT2D eigenvalue weighted by molar-refractivity contribution is -0.147. The molecule has 0 heterocycles. The number of nitrogens with one attached hydrogen (secondary N) is 1. The van der Waals surface area contributed by atoms with Gasteiger partial charge in [0.15, 0.2) is 5.54 Å². The van der Waals surface area contributed by atoms with E-state index in [1.165, 1.54) is 0 Å². The van der Waals surface area contributed by atoms with E-state index in [9.17, 15) is 22.8 Å². The van der Waals surface area contributed by atoms with Crippen LogP contribution in [0.5, 0.6) is 0 Å². The maximum atomic E-state index is 12.8. The first-order valence-corrected chi connectivity index (χ1v) is 7.43. The first-order valence-electron chi connectivity index (χ1n) is 7.43. The van der Waals surface area contributed by atoms with Crippen LogP contribution >= 0.6 is 0 Å². The normalized spacial score (nSPS) is 13.4. The molecule has 0 unspecified atom stereocenters. The number of halogens is 3. The second kappa shape index (κ2) is 7.47. The topological polar surface area (TPSA) is 64.6 Å². The van der Waals surface area contributed by atoms with E-state index in [1.54, 1.807) is 30.3 Å². The number of alkyl halides is 3. The number of benzene rings is 2. The maximum Gasteiger partial charge on any atom is 0.416 e. The smallest absolute Gasteiger partial charge is 0.416 e. The highest BCUT2D eigenvalue weighted by Gasteiger charge is 2.45. The Morgan fingerprint density at radius 2 is 1.31 bits per heavy atom. The first kappa shape index (κ1) is 19.3. The summed E-state index contributed by atoms with van der Waals surface area (Å²) in [6.07, 6.45) is -5.48. The van der Waals surface area contributed by atoms with Crippen LogP contribution in [0.4, 0.5) is 18.0 Å². The molecule has 0 aliphatic rings. The van der Waals surface area contributed by atoms with Gasteiger partial charge in [0.2, 0.25) is 0 Å². The Morgan fingerprint density at radius 3 is 1.77 bits per heavy atom. The van der Waals surface area contributed by atoms with Gasteiger partial charge in [0.1, 0.15) is 0 Å². The zero-order chi connectivity index (χ0) is 19.4. The standard InChI is InChI=1S/C18H16F3NO4/c1-25-15(23)17(22-16(24)26-2,12-6-4-3-5-7-12)13-8-10-14(11-9-13)18(19,20)21/h3-11H,1-2H3,(H,22,24)/t17-/m0/s1. The fraction of sp³-hybridized carbons (Fsp3) is 0.222. The Labute approximate surface area is 147 Å². The molecule has 0 spiro atoms. The Hall–Kier alpha value is -3.03. The minimum atomic E-state index is -4.53. The molecule has 0 aliphatic carbocycles. The molecule has 0 saturated heterocycles. The number of methoxy groups -OCH3 is 2. The fourth-order valence-electron chi connectivity index (χ4n) is 2.55. The van der Waals surface area contributed by atoms with Crippen molar-refractivity contribution in [3.63, 3.8) is 0 Å². The highest BCUT2D eigenvalue weighted by atomic mass is 19.4. The van der Waals surface area contributed by atoms with E-state index in [0.29, 0.717) is 5.56 Å². The van der Waals surface area contributed by atoms with Gasteiger partial charge in [-0.2, -0.15) is 13.2 Å². The quantitative estimate of drug-likeness (QED) is 0.841. The Morgan fingerprint density at radius 1 is 0.808 bits per heavy atom. The number of carbonyl (C=O) groups is 2. The molecule has 2 aromatic rings. The molecule has 26 heavy (non-hydrogen) atoms. The average Bonchev–Trinajstić information content (AvgIpc) is 2.65. The molecular weight excluding hydrogens is 351 g/mol. The van der Waals surface area contributed by atoms with Crippen LogP contribution in [0.3, 0.4) is 0 Å². The van der Waals surface area contributed by atoms with E-state index in [1.807, 2.05) is 0 Å². The number of ether oxygens (including phenoxy) is 2. The van der Waals surface area contributed by atoms with E-state index >= 15 is 0 Å². The van der Waals surface area contributed by atoms with Gasteiger partial charge in [-0.05, 0) is 23.3 Å². The molecule has 0 bridgehead atoms. The summed E-state index contributed by atoms with van der Waals surface area (Å²) in [6, 6.07) is 11.9. The SMILES string of the molecule is COC(=O)N[C@@](C(=O)OC)(c1ccccc1)c1ccc(C(F)(F)F)cc1.